The summed E-state index contributed by atoms with van der Waals surface area (Å²) in [4.78, 5) is 14.8. The maximum Gasteiger partial charge on any atom is 0.253 e. The van der Waals surface area contributed by atoms with Crippen LogP contribution in [0.1, 0.15) is 21.5 Å². The number of hydrogen-bond acceptors (Lipinski definition) is 1. The van der Waals surface area contributed by atoms with Gasteiger partial charge < -0.3 is 10.3 Å². The van der Waals surface area contributed by atoms with Gasteiger partial charge in [-0.1, -0.05) is 17.7 Å². The van der Waals surface area contributed by atoms with Crippen molar-refractivity contribution in [1.82, 2.24) is 10.3 Å². The van der Waals surface area contributed by atoms with Crippen LogP contribution in [0.15, 0.2) is 36.7 Å². The van der Waals surface area contributed by atoms with E-state index in [0.717, 1.165) is 11.1 Å². The van der Waals surface area contributed by atoms with Crippen molar-refractivity contribution in [3.05, 3.63) is 58.4 Å². The molecular weight excluding hydrogens is 236 g/mol. The first-order valence-electron chi connectivity index (χ1n) is 5.33. The first kappa shape index (κ1) is 11.7. The molecule has 0 spiro atoms. The van der Waals surface area contributed by atoms with Crippen LogP contribution in [0.25, 0.3) is 0 Å². The third-order valence-electron chi connectivity index (χ3n) is 2.48. The molecule has 0 aliphatic carbocycles. The quantitative estimate of drug-likeness (QED) is 0.862. The average Bonchev–Trinajstić information content (AvgIpc) is 2.78. The summed E-state index contributed by atoms with van der Waals surface area (Å²) in [6.45, 7) is 2.43. The van der Waals surface area contributed by atoms with Gasteiger partial charge in [0.15, 0.2) is 0 Å². The fourth-order valence-corrected chi connectivity index (χ4v) is 1.87. The van der Waals surface area contributed by atoms with Gasteiger partial charge in [0.2, 0.25) is 0 Å². The molecule has 0 aliphatic rings. The topological polar surface area (TPSA) is 44.9 Å². The first-order chi connectivity index (χ1) is 8.16. The maximum absolute atomic E-state index is 11.9. The second-order valence-corrected chi connectivity index (χ2v) is 4.29. The van der Waals surface area contributed by atoms with Gasteiger partial charge in [0.25, 0.3) is 5.91 Å². The molecule has 1 heterocycles. The molecule has 2 N–H and O–H groups in total. The molecule has 1 aromatic heterocycles. The molecule has 0 saturated heterocycles. The van der Waals surface area contributed by atoms with Crippen molar-refractivity contribution in [1.29, 1.82) is 0 Å². The van der Waals surface area contributed by atoms with Crippen LogP contribution in [0.4, 0.5) is 0 Å². The van der Waals surface area contributed by atoms with E-state index >= 15 is 0 Å². The molecular formula is C13H13ClN2O. The summed E-state index contributed by atoms with van der Waals surface area (Å²) >= 11 is 6.02. The van der Waals surface area contributed by atoms with Crippen LogP contribution in [-0.4, -0.2) is 10.9 Å². The Bertz CT molecular complexity index is 520. The molecule has 0 bridgehead atoms. The number of H-pyrrole nitrogens is 1. The molecule has 88 valence electrons. The largest absolute Gasteiger partial charge is 0.367 e. The smallest absolute Gasteiger partial charge is 0.253 e. The highest BCUT2D eigenvalue weighted by atomic mass is 35.5. The predicted octanol–water partition coefficient (Wildman–Crippen LogP) is 2.91. The minimum Gasteiger partial charge on any atom is -0.367 e. The second-order valence-electron chi connectivity index (χ2n) is 3.89. The Kier molecular flexibility index (Phi) is 3.49. The van der Waals surface area contributed by atoms with Crippen molar-refractivity contribution in [3.63, 3.8) is 0 Å². The first-order valence-corrected chi connectivity index (χ1v) is 5.70. The van der Waals surface area contributed by atoms with Gasteiger partial charge in [-0.15, -0.1) is 0 Å². The van der Waals surface area contributed by atoms with E-state index in [-0.39, 0.29) is 5.91 Å². The number of aromatic amines is 1. The van der Waals surface area contributed by atoms with E-state index in [0.29, 0.717) is 17.1 Å². The predicted molar refractivity (Wildman–Crippen MR) is 68.2 cm³/mol. The lowest BCUT2D eigenvalue weighted by atomic mass is 10.1. The number of aromatic nitrogens is 1. The van der Waals surface area contributed by atoms with Crippen molar-refractivity contribution < 1.29 is 4.79 Å². The molecule has 2 aromatic rings. The van der Waals surface area contributed by atoms with E-state index in [2.05, 4.69) is 10.3 Å². The Hall–Kier alpha value is -1.74. The highest BCUT2D eigenvalue weighted by Gasteiger charge is 2.09. The summed E-state index contributed by atoms with van der Waals surface area (Å²) in [7, 11) is 0. The van der Waals surface area contributed by atoms with Gasteiger partial charge in [-0.25, -0.2) is 0 Å². The van der Waals surface area contributed by atoms with Gasteiger partial charge in [-0.05, 0) is 36.2 Å². The van der Waals surface area contributed by atoms with E-state index in [1.165, 1.54) is 0 Å². The van der Waals surface area contributed by atoms with Crippen molar-refractivity contribution in [3.8, 4) is 0 Å². The number of carbonyl (C=O) groups is 1. The fraction of sp³-hybridized carbons (Fsp3) is 0.154. The SMILES string of the molecule is Cc1ccc(C(=O)NCc2cc[nH]c2)c(Cl)c1. The molecule has 0 unspecified atom stereocenters. The van der Waals surface area contributed by atoms with Crippen molar-refractivity contribution >= 4 is 17.5 Å². The van der Waals surface area contributed by atoms with Gasteiger partial charge in [0.05, 0.1) is 10.6 Å². The molecule has 1 aromatic carbocycles. The lowest BCUT2D eigenvalue weighted by Gasteiger charge is -2.06. The Balaban J connectivity index is 2.04. The van der Waals surface area contributed by atoms with Gasteiger partial charge in [-0.3, -0.25) is 4.79 Å². The normalized spacial score (nSPS) is 10.2. The summed E-state index contributed by atoms with van der Waals surface area (Å²) in [5.41, 5.74) is 2.58. The van der Waals surface area contributed by atoms with Gasteiger partial charge in [0.1, 0.15) is 0 Å². The number of aryl methyl sites for hydroxylation is 1. The Labute approximate surface area is 105 Å². The van der Waals surface area contributed by atoms with Crippen LogP contribution in [0.3, 0.4) is 0 Å². The van der Waals surface area contributed by atoms with Gasteiger partial charge in [0, 0.05) is 18.9 Å². The Morgan fingerprint density at radius 2 is 2.24 bits per heavy atom. The number of benzene rings is 1. The van der Waals surface area contributed by atoms with Crippen LogP contribution in [0, 0.1) is 6.92 Å². The third kappa shape index (κ3) is 2.88. The Morgan fingerprint density at radius 1 is 1.41 bits per heavy atom. The summed E-state index contributed by atoms with van der Waals surface area (Å²) in [5.74, 6) is -0.156. The van der Waals surface area contributed by atoms with Crippen molar-refractivity contribution in [2.24, 2.45) is 0 Å². The Morgan fingerprint density at radius 3 is 2.88 bits per heavy atom. The molecule has 0 radical (unpaired) electrons. The van der Waals surface area contributed by atoms with Gasteiger partial charge >= 0.3 is 0 Å². The zero-order valence-corrected chi connectivity index (χ0v) is 10.2. The molecule has 0 atom stereocenters. The number of rotatable bonds is 3. The number of amides is 1. The molecule has 3 nitrogen and oxygen atoms in total. The molecule has 0 fully saturated rings. The van der Waals surface area contributed by atoms with E-state index in [4.69, 9.17) is 11.6 Å². The molecule has 4 heteroatoms. The molecule has 2 rings (SSSR count). The molecule has 1 amide bonds. The van der Waals surface area contributed by atoms with Crippen LogP contribution >= 0.6 is 11.6 Å². The summed E-state index contributed by atoms with van der Waals surface area (Å²) in [6, 6.07) is 7.31. The average molecular weight is 249 g/mol. The van der Waals surface area contributed by atoms with E-state index in [9.17, 15) is 4.79 Å². The molecule has 0 aliphatic heterocycles. The number of carbonyl (C=O) groups excluding carboxylic acids is 1. The van der Waals surface area contributed by atoms with E-state index < -0.39 is 0 Å². The van der Waals surface area contributed by atoms with Crippen LogP contribution < -0.4 is 5.32 Å². The molecule has 17 heavy (non-hydrogen) atoms. The highest BCUT2D eigenvalue weighted by Crippen LogP contribution is 2.17. The van der Waals surface area contributed by atoms with E-state index in [1.54, 1.807) is 12.1 Å². The fourth-order valence-electron chi connectivity index (χ4n) is 1.55. The van der Waals surface area contributed by atoms with E-state index in [1.807, 2.05) is 31.5 Å². The number of nitrogens with one attached hydrogen (secondary N) is 2. The third-order valence-corrected chi connectivity index (χ3v) is 2.80. The van der Waals surface area contributed by atoms with Crippen LogP contribution in [0.5, 0.6) is 0 Å². The zero-order chi connectivity index (χ0) is 12.3. The summed E-state index contributed by atoms with van der Waals surface area (Å²) in [5, 5.41) is 3.30. The second kappa shape index (κ2) is 5.06. The monoisotopic (exact) mass is 248 g/mol. The van der Waals surface area contributed by atoms with Crippen molar-refractivity contribution in [2.75, 3.05) is 0 Å². The standard InChI is InChI=1S/C13H13ClN2O/c1-9-2-3-11(12(14)6-9)13(17)16-8-10-4-5-15-7-10/h2-7,15H,8H2,1H3,(H,16,17). The summed E-state index contributed by atoms with van der Waals surface area (Å²) in [6.07, 6.45) is 3.66. The van der Waals surface area contributed by atoms with Gasteiger partial charge in [-0.2, -0.15) is 0 Å². The highest BCUT2D eigenvalue weighted by molar-refractivity contribution is 6.33. The minimum absolute atomic E-state index is 0.156. The van der Waals surface area contributed by atoms with Crippen molar-refractivity contribution in [2.45, 2.75) is 13.5 Å². The molecule has 0 saturated carbocycles. The lowest BCUT2D eigenvalue weighted by Crippen LogP contribution is -2.22. The maximum atomic E-state index is 11.9. The van der Waals surface area contributed by atoms with Crippen LogP contribution in [0.2, 0.25) is 5.02 Å². The lowest BCUT2D eigenvalue weighted by molar-refractivity contribution is 0.0951. The summed E-state index contributed by atoms with van der Waals surface area (Å²) < 4.78 is 0. The number of hydrogen-bond donors (Lipinski definition) is 2. The number of halogens is 1. The zero-order valence-electron chi connectivity index (χ0n) is 9.46. The minimum atomic E-state index is -0.156. The van der Waals surface area contributed by atoms with Crippen LogP contribution in [-0.2, 0) is 6.54 Å².